The highest BCUT2D eigenvalue weighted by Crippen LogP contribution is 2.62. The maximum Gasteiger partial charge on any atom is 0.162 e. The van der Waals surface area contributed by atoms with Crippen LogP contribution in [-0.2, 0) is 4.79 Å². The molecule has 2 saturated carbocycles. The van der Waals surface area contributed by atoms with Crippen molar-refractivity contribution in [3.8, 4) is 0 Å². The molecule has 0 amide bonds. The predicted molar refractivity (Wildman–Crippen MR) is 128 cm³/mol. The minimum atomic E-state index is -0.175. The summed E-state index contributed by atoms with van der Waals surface area (Å²) in [7, 11) is 0. The van der Waals surface area contributed by atoms with Gasteiger partial charge in [0, 0.05) is 5.41 Å². The van der Waals surface area contributed by atoms with Crippen LogP contribution in [0.5, 0.6) is 0 Å². The number of carbonyl (C=O) groups excluding carboxylic acids is 1. The summed E-state index contributed by atoms with van der Waals surface area (Å²) in [6.07, 6.45) is 12.7. The standard InChI is InChI=1S/C19H26O2.4C2H6/c1-18-9-7-13(20)11-12(18)3-4-14-15-5-6-17(21)19(15,2)10-8-16(14)18;4*1-2/h5-6,8,12-15,20H,3-4,7,9-11H2,1-2H3;4*1-2H3. The Hall–Kier alpha value is -0.890. The Morgan fingerprint density at radius 2 is 1.48 bits per heavy atom. The zero-order chi connectivity index (χ0) is 22.8. The Bertz CT molecular complexity index is 547. The third-order valence-corrected chi connectivity index (χ3v) is 7.27. The Balaban J connectivity index is 0.000000881. The first-order valence-corrected chi connectivity index (χ1v) is 12.6. The van der Waals surface area contributed by atoms with E-state index in [2.05, 4.69) is 26.0 Å². The third kappa shape index (κ3) is 5.24. The van der Waals surface area contributed by atoms with Gasteiger partial charge in [-0.3, -0.25) is 4.79 Å². The second-order valence-electron chi connectivity index (χ2n) is 8.26. The second-order valence-corrected chi connectivity index (χ2v) is 8.26. The van der Waals surface area contributed by atoms with Crippen LogP contribution in [0.15, 0.2) is 23.8 Å². The van der Waals surface area contributed by atoms with Crippen LogP contribution in [0.4, 0.5) is 0 Å². The average Bonchev–Trinajstić information content (AvgIpc) is 3.09. The minimum Gasteiger partial charge on any atom is -0.393 e. The summed E-state index contributed by atoms with van der Waals surface area (Å²) in [5, 5.41) is 10.0. The van der Waals surface area contributed by atoms with Crippen molar-refractivity contribution in [2.45, 2.75) is 114 Å². The van der Waals surface area contributed by atoms with Gasteiger partial charge >= 0.3 is 0 Å². The lowest BCUT2D eigenvalue weighted by atomic mass is 9.49. The first-order valence-electron chi connectivity index (χ1n) is 12.6. The number of fused-ring (bicyclic) bond motifs is 5. The van der Waals surface area contributed by atoms with E-state index in [0.29, 0.717) is 23.5 Å². The fraction of sp³-hybridized carbons (Fsp3) is 0.815. The molecule has 4 aliphatic carbocycles. The number of aliphatic hydroxyl groups excluding tert-OH is 1. The van der Waals surface area contributed by atoms with Crippen molar-refractivity contribution in [1.82, 2.24) is 0 Å². The zero-order valence-corrected chi connectivity index (χ0v) is 21.1. The first kappa shape index (κ1) is 28.1. The molecule has 29 heavy (non-hydrogen) atoms. The molecule has 4 aliphatic rings. The van der Waals surface area contributed by atoms with E-state index in [1.54, 1.807) is 5.57 Å². The van der Waals surface area contributed by atoms with Crippen LogP contribution in [0.1, 0.15) is 108 Å². The Kier molecular flexibility index (Phi) is 12.3. The van der Waals surface area contributed by atoms with Crippen LogP contribution >= 0.6 is 0 Å². The average molecular weight is 407 g/mol. The van der Waals surface area contributed by atoms with Crippen molar-refractivity contribution >= 4 is 5.78 Å². The van der Waals surface area contributed by atoms with Crippen LogP contribution in [-0.4, -0.2) is 17.0 Å². The molecule has 0 bridgehead atoms. The Labute approximate surface area is 182 Å². The molecule has 0 aromatic heterocycles. The molecular formula is C27H50O2. The van der Waals surface area contributed by atoms with Gasteiger partial charge in [0.1, 0.15) is 0 Å². The lowest BCUT2D eigenvalue weighted by molar-refractivity contribution is -0.125. The molecule has 6 atom stereocenters. The zero-order valence-electron chi connectivity index (χ0n) is 21.1. The topological polar surface area (TPSA) is 37.3 Å². The van der Waals surface area contributed by atoms with Gasteiger partial charge in [-0.05, 0) is 67.8 Å². The fourth-order valence-corrected chi connectivity index (χ4v) is 5.81. The van der Waals surface area contributed by atoms with Gasteiger partial charge in [0.25, 0.3) is 0 Å². The summed E-state index contributed by atoms with van der Waals surface area (Å²) in [5.74, 6) is 1.93. The molecule has 0 heterocycles. The van der Waals surface area contributed by atoms with Crippen LogP contribution in [0.3, 0.4) is 0 Å². The first-order chi connectivity index (χ1) is 13.9. The molecular weight excluding hydrogens is 356 g/mol. The number of rotatable bonds is 0. The van der Waals surface area contributed by atoms with Crippen molar-refractivity contribution in [1.29, 1.82) is 0 Å². The third-order valence-electron chi connectivity index (χ3n) is 7.27. The number of aliphatic hydroxyl groups is 1. The van der Waals surface area contributed by atoms with Crippen LogP contribution in [0, 0.1) is 28.6 Å². The van der Waals surface area contributed by atoms with Gasteiger partial charge in [-0.1, -0.05) is 87.0 Å². The molecule has 2 fully saturated rings. The van der Waals surface area contributed by atoms with E-state index in [9.17, 15) is 9.90 Å². The summed E-state index contributed by atoms with van der Waals surface area (Å²) in [4.78, 5) is 12.3. The SMILES string of the molecule is CC.CC.CC.CC.CC12CCC(O)CC1CCC1C2=CCC2(C)C(=O)C=CC12. The Morgan fingerprint density at radius 3 is 2.07 bits per heavy atom. The van der Waals surface area contributed by atoms with E-state index in [-0.39, 0.29) is 16.9 Å². The van der Waals surface area contributed by atoms with Crippen molar-refractivity contribution in [2.24, 2.45) is 28.6 Å². The molecule has 1 N–H and O–H groups in total. The number of hydrogen-bond donors (Lipinski definition) is 1. The number of carbonyl (C=O) groups is 1. The van der Waals surface area contributed by atoms with Crippen molar-refractivity contribution in [3.05, 3.63) is 23.8 Å². The summed E-state index contributed by atoms with van der Waals surface area (Å²) >= 11 is 0. The molecule has 0 saturated heterocycles. The number of ketones is 1. The summed E-state index contributed by atoms with van der Waals surface area (Å²) in [6.45, 7) is 20.6. The summed E-state index contributed by atoms with van der Waals surface area (Å²) in [5.41, 5.74) is 1.71. The highest BCUT2D eigenvalue weighted by molar-refractivity contribution is 5.98. The highest BCUT2D eigenvalue weighted by atomic mass is 16.3. The van der Waals surface area contributed by atoms with Crippen LogP contribution < -0.4 is 0 Å². The molecule has 0 spiro atoms. The lowest BCUT2D eigenvalue weighted by Gasteiger charge is -2.55. The lowest BCUT2D eigenvalue weighted by Crippen LogP contribution is -2.48. The molecule has 4 rings (SSSR count). The van der Waals surface area contributed by atoms with E-state index < -0.39 is 0 Å². The van der Waals surface area contributed by atoms with Crippen molar-refractivity contribution in [2.75, 3.05) is 0 Å². The second kappa shape index (κ2) is 12.7. The van der Waals surface area contributed by atoms with Gasteiger partial charge in [0.15, 0.2) is 5.78 Å². The highest BCUT2D eigenvalue weighted by Gasteiger charge is 2.55. The van der Waals surface area contributed by atoms with Gasteiger partial charge in [0.2, 0.25) is 0 Å². The minimum absolute atomic E-state index is 0.0953. The molecule has 0 radical (unpaired) electrons. The molecule has 0 aromatic rings. The fourth-order valence-electron chi connectivity index (χ4n) is 5.81. The van der Waals surface area contributed by atoms with Crippen LogP contribution in [0.25, 0.3) is 0 Å². The quantitative estimate of drug-likeness (QED) is 0.417. The van der Waals surface area contributed by atoms with E-state index in [0.717, 1.165) is 25.7 Å². The number of allylic oxidation sites excluding steroid dienone is 4. The van der Waals surface area contributed by atoms with Gasteiger partial charge in [-0.25, -0.2) is 0 Å². The molecule has 0 aliphatic heterocycles. The normalized spacial score (nSPS) is 38.4. The molecule has 2 nitrogen and oxygen atoms in total. The maximum atomic E-state index is 12.3. The Morgan fingerprint density at radius 1 is 0.897 bits per heavy atom. The van der Waals surface area contributed by atoms with Gasteiger partial charge < -0.3 is 5.11 Å². The molecule has 6 unspecified atom stereocenters. The van der Waals surface area contributed by atoms with E-state index in [4.69, 9.17) is 0 Å². The smallest absolute Gasteiger partial charge is 0.162 e. The van der Waals surface area contributed by atoms with E-state index in [1.165, 1.54) is 12.8 Å². The number of hydrogen-bond acceptors (Lipinski definition) is 2. The van der Waals surface area contributed by atoms with E-state index in [1.807, 2.05) is 61.5 Å². The summed E-state index contributed by atoms with van der Waals surface area (Å²) in [6, 6.07) is 0. The largest absolute Gasteiger partial charge is 0.393 e. The van der Waals surface area contributed by atoms with Gasteiger partial charge in [-0.2, -0.15) is 0 Å². The van der Waals surface area contributed by atoms with Gasteiger partial charge in [-0.15, -0.1) is 0 Å². The monoisotopic (exact) mass is 406 g/mol. The molecule has 2 heteroatoms. The van der Waals surface area contributed by atoms with Crippen LogP contribution in [0.2, 0.25) is 0 Å². The molecule has 170 valence electrons. The molecule has 0 aromatic carbocycles. The van der Waals surface area contributed by atoms with Gasteiger partial charge in [0.05, 0.1) is 6.10 Å². The van der Waals surface area contributed by atoms with E-state index >= 15 is 0 Å². The predicted octanol–water partition coefficient (Wildman–Crippen LogP) is 7.76. The maximum absolute atomic E-state index is 12.3. The summed E-state index contributed by atoms with van der Waals surface area (Å²) < 4.78 is 0. The van der Waals surface area contributed by atoms with Crippen molar-refractivity contribution < 1.29 is 9.90 Å². The van der Waals surface area contributed by atoms with Crippen molar-refractivity contribution in [3.63, 3.8) is 0 Å².